The number of hydrogen-bond acceptors (Lipinski definition) is 4. The van der Waals surface area contributed by atoms with Gasteiger partial charge in [-0.3, -0.25) is 0 Å². The molecule has 1 N–H and O–H groups in total. The SMILES string of the molecule is O=C(OCc1ccccc1)N1CCCC2(CC1)COCCN2. The van der Waals surface area contributed by atoms with Crippen LogP contribution >= 0.6 is 0 Å². The number of ether oxygens (including phenoxy) is 2. The van der Waals surface area contributed by atoms with Crippen LogP contribution in [0, 0.1) is 0 Å². The van der Waals surface area contributed by atoms with Crippen LogP contribution in [0.5, 0.6) is 0 Å². The zero-order valence-corrected chi connectivity index (χ0v) is 12.9. The van der Waals surface area contributed by atoms with E-state index in [1.165, 1.54) is 0 Å². The van der Waals surface area contributed by atoms with Crippen molar-refractivity contribution in [1.82, 2.24) is 10.2 Å². The Kier molecular flexibility index (Phi) is 4.95. The summed E-state index contributed by atoms with van der Waals surface area (Å²) >= 11 is 0. The maximum atomic E-state index is 12.2. The fourth-order valence-electron chi connectivity index (χ4n) is 3.22. The molecule has 2 fully saturated rings. The summed E-state index contributed by atoms with van der Waals surface area (Å²) in [5.74, 6) is 0. The Bertz CT molecular complexity index is 486. The van der Waals surface area contributed by atoms with Crippen molar-refractivity contribution in [3.8, 4) is 0 Å². The first-order chi connectivity index (χ1) is 10.8. The van der Waals surface area contributed by atoms with Crippen LogP contribution in [-0.2, 0) is 16.1 Å². The van der Waals surface area contributed by atoms with Gasteiger partial charge in [0.15, 0.2) is 0 Å². The third-order valence-electron chi connectivity index (χ3n) is 4.53. The van der Waals surface area contributed by atoms with Gasteiger partial charge in [0, 0.05) is 25.2 Å². The summed E-state index contributed by atoms with van der Waals surface area (Å²) in [7, 11) is 0. The van der Waals surface area contributed by atoms with E-state index < -0.39 is 0 Å². The number of amides is 1. The fraction of sp³-hybridized carbons (Fsp3) is 0.588. The highest BCUT2D eigenvalue weighted by Gasteiger charge is 2.35. The topological polar surface area (TPSA) is 50.8 Å². The van der Waals surface area contributed by atoms with Crippen molar-refractivity contribution >= 4 is 6.09 Å². The van der Waals surface area contributed by atoms with Gasteiger partial charge in [-0.1, -0.05) is 30.3 Å². The third-order valence-corrected chi connectivity index (χ3v) is 4.53. The van der Waals surface area contributed by atoms with Crippen LogP contribution in [0.4, 0.5) is 4.79 Å². The quantitative estimate of drug-likeness (QED) is 0.910. The molecule has 2 heterocycles. The van der Waals surface area contributed by atoms with E-state index in [1.807, 2.05) is 35.2 Å². The van der Waals surface area contributed by atoms with Gasteiger partial charge in [-0.05, 0) is 24.8 Å². The monoisotopic (exact) mass is 304 g/mol. The summed E-state index contributed by atoms with van der Waals surface area (Å²) in [5.41, 5.74) is 1.07. The summed E-state index contributed by atoms with van der Waals surface area (Å²) in [6.45, 7) is 4.26. The number of carbonyl (C=O) groups excluding carboxylic acids is 1. The second kappa shape index (κ2) is 7.11. The van der Waals surface area contributed by atoms with Crippen LogP contribution in [0.25, 0.3) is 0 Å². The Morgan fingerprint density at radius 2 is 2.14 bits per heavy atom. The van der Waals surface area contributed by atoms with E-state index in [1.54, 1.807) is 0 Å². The Morgan fingerprint density at radius 3 is 2.91 bits per heavy atom. The van der Waals surface area contributed by atoms with E-state index in [0.29, 0.717) is 6.61 Å². The molecule has 0 bridgehead atoms. The standard InChI is InChI=1S/C17H24N2O3/c20-16(22-13-15-5-2-1-3-6-15)19-10-4-7-17(8-11-19)14-21-12-9-18-17/h1-3,5-6,18H,4,7-14H2. The summed E-state index contributed by atoms with van der Waals surface area (Å²) in [5, 5.41) is 3.59. The van der Waals surface area contributed by atoms with Crippen LogP contribution in [0.2, 0.25) is 0 Å². The van der Waals surface area contributed by atoms with Crippen LogP contribution < -0.4 is 5.32 Å². The first kappa shape index (κ1) is 15.3. The van der Waals surface area contributed by atoms with E-state index in [-0.39, 0.29) is 11.6 Å². The van der Waals surface area contributed by atoms with Crippen LogP contribution in [0.1, 0.15) is 24.8 Å². The molecular weight excluding hydrogens is 280 g/mol. The molecule has 1 unspecified atom stereocenters. The number of carbonyl (C=O) groups is 1. The second-order valence-electron chi connectivity index (χ2n) is 6.14. The Balaban J connectivity index is 1.51. The predicted octanol–water partition coefficient (Wildman–Crippen LogP) is 2.17. The van der Waals surface area contributed by atoms with E-state index in [2.05, 4.69) is 5.32 Å². The number of morpholine rings is 1. The average Bonchev–Trinajstić information content (AvgIpc) is 2.77. The van der Waals surface area contributed by atoms with E-state index in [4.69, 9.17) is 9.47 Å². The van der Waals surface area contributed by atoms with E-state index >= 15 is 0 Å². The number of nitrogens with zero attached hydrogens (tertiary/aromatic N) is 1. The number of nitrogens with one attached hydrogen (secondary N) is 1. The molecule has 1 amide bonds. The zero-order valence-electron chi connectivity index (χ0n) is 12.9. The van der Waals surface area contributed by atoms with Gasteiger partial charge in [0.2, 0.25) is 0 Å². The van der Waals surface area contributed by atoms with E-state index in [0.717, 1.165) is 57.7 Å². The molecule has 1 aromatic rings. The third kappa shape index (κ3) is 3.78. The van der Waals surface area contributed by atoms with Crippen LogP contribution in [0.3, 0.4) is 0 Å². The van der Waals surface area contributed by atoms with Crippen LogP contribution in [0.15, 0.2) is 30.3 Å². The fourth-order valence-corrected chi connectivity index (χ4v) is 3.22. The molecule has 0 aromatic heterocycles. The van der Waals surface area contributed by atoms with Crippen molar-refractivity contribution < 1.29 is 14.3 Å². The number of likely N-dealkylation sites (tertiary alicyclic amines) is 1. The summed E-state index contributed by atoms with van der Waals surface area (Å²) in [6.07, 6.45) is 2.75. The van der Waals surface area contributed by atoms with Crippen LogP contribution in [-0.4, -0.2) is 49.4 Å². The molecule has 0 aliphatic carbocycles. The second-order valence-corrected chi connectivity index (χ2v) is 6.14. The molecular formula is C17H24N2O3. The average molecular weight is 304 g/mol. The summed E-state index contributed by atoms with van der Waals surface area (Å²) in [6, 6.07) is 9.79. The van der Waals surface area contributed by atoms with Gasteiger partial charge in [-0.2, -0.15) is 0 Å². The minimum absolute atomic E-state index is 0.0483. The molecule has 2 aliphatic heterocycles. The molecule has 0 saturated carbocycles. The van der Waals surface area contributed by atoms with Gasteiger partial charge in [0.05, 0.1) is 13.2 Å². The number of benzene rings is 1. The first-order valence-corrected chi connectivity index (χ1v) is 8.06. The lowest BCUT2D eigenvalue weighted by atomic mass is 9.90. The predicted molar refractivity (Wildman–Crippen MR) is 83.6 cm³/mol. The Labute approximate surface area is 131 Å². The molecule has 22 heavy (non-hydrogen) atoms. The molecule has 5 heteroatoms. The lowest BCUT2D eigenvalue weighted by Crippen LogP contribution is -2.54. The molecule has 2 aliphatic rings. The van der Waals surface area contributed by atoms with Gasteiger partial charge in [0.1, 0.15) is 6.61 Å². The van der Waals surface area contributed by atoms with Gasteiger partial charge < -0.3 is 19.7 Å². The molecule has 2 saturated heterocycles. The highest BCUT2D eigenvalue weighted by atomic mass is 16.6. The lowest BCUT2D eigenvalue weighted by molar-refractivity contribution is 0.0198. The minimum atomic E-state index is -0.211. The van der Waals surface area contributed by atoms with Gasteiger partial charge in [-0.15, -0.1) is 0 Å². The van der Waals surface area contributed by atoms with Crippen molar-refractivity contribution in [2.24, 2.45) is 0 Å². The van der Waals surface area contributed by atoms with Crippen molar-refractivity contribution in [3.63, 3.8) is 0 Å². The van der Waals surface area contributed by atoms with Crippen molar-refractivity contribution in [1.29, 1.82) is 0 Å². The normalized spacial score (nSPS) is 25.7. The van der Waals surface area contributed by atoms with Gasteiger partial charge >= 0.3 is 6.09 Å². The largest absolute Gasteiger partial charge is 0.445 e. The minimum Gasteiger partial charge on any atom is -0.445 e. The highest BCUT2D eigenvalue weighted by molar-refractivity contribution is 5.67. The number of hydrogen-bond donors (Lipinski definition) is 1. The summed E-state index contributed by atoms with van der Waals surface area (Å²) < 4.78 is 11.1. The maximum absolute atomic E-state index is 12.2. The highest BCUT2D eigenvalue weighted by Crippen LogP contribution is 2.25. The van der Waals surface area contributed by atoms with Gasteiger partial charge in [-0.25, -0.2) is 4.79 Å². The molecule has 1 spiro atoms. The van der Waals surface area contributed by atoms with Gasteiger partial charge in [0.25, 0.3) is 0 Å². The molecule has 3 rings (SSSR count). The molecule has 5 nitrogen and oxygen atoms in total. The first-order valence-electron chi connectivity index (χ1n) is 8.06. The van der Waals surface area contributed by atoms with E-state index in [9.17, 15) is 4.79 Å². The van der Waals surface area contributed by atoms with Crippen molar-refractivity contribution in [2.75, 3.05) is 32.8 Å². The molecule has 1 aromatic carbocycles. The smallest absolute Gasteiger partial charge is 0.410 e. The molecule has 120 valence electrons. The van der Waals surface area contributed by atoms with Crippen molar-refractivity contribution in [3.05, 3.63) is 35.9 Å². The molecule has 1 atom stereocenters. The maximum Gasteiger partial charge on any atom is 0.410 e. The Morgan fingerprint density at radius 1 is 1.27 bits per heavy atom. The zero-order chi connectivity index (χ0) is 15.3. The summed E-state index contributed by atoms with van der Waals surface area (Å²) in [4.78, 5) is 14.1. The Hall–Kier alpha value is -1.59. The lowest BCUT2D eigenvalue weighted by Gasteiger charge is -2.37. The number of rotatable bonds is 2. The molecule has 0 radical (unpaired) electrons. The van der Waals surface area contributed by atoms with Crippen molar-refractivity contribution in [2.45, 2.75) is 31.4 Å².